The summed E-state index contributed by atoms with van der Waals surface area (Å²) in [7, 11) is 1.89. The van der Waals surface area contributed by atoms with Crippen LogP contribution >= 0.6 is 22.9 Å². The average molecular weight is 363 g/mol. The third-order valence-corrected chi connectivity index (χ3v) is 5.03. The topological polar surface area (TPSA) is 60.9 Å². The van der Waals surface area contributed by atoms with Crippen LogP contribution in [0.15, 0.2) is 18.2 Å². The van der Waals surface area contributed by atoms with Crippen molar-refractivity contribution in [2.75, 3.05) is 0 Å². The van der Waals surface area contributed by atoms with Crippen molar-refractivity contribution in [2.45, 2.75) is 13.8 Å². The van der Waals surface area contributed by atoms with Crippen molar-refractivity contribution in [3.8, 4) is 22.0 Å². The first-order chi connectivity index (χ1) is 11.5. The minimum atomic E-state index is -0.419. The van der Waals surface area contributed by atoms with E-state index in [2.05, 4.69) is 20.4 Å². The van der Waals surface area contributed by atoms with Crippen LogP contribution in [0, 0.1) is 19.7 Å². The van der Waals surface area contributed by atoms with E-state index in [1.807, 2.05) is 25.6 Å². The van der Waals surface area contributed by atoms with Gasteiger partial charge in [0.05, 0.1) is 16.8 Å². The number of nitrogens with zero attached hydrogens (tertiary/aromatic N) is 6. The normalized spacial score (nSPS) is 11.5. The van der Waals surface area contributed by atoms with Crippen molar-refractivity contribution in [3.05, 3.63) is 40.4 Å². The monoisotopic (exact) mass is 362 g/mol. The Bertz CT molecular complexity index is 1080. The zero-order valence-corrected chi connectivity index (χ0v) is 14.7. The lowest BCUT2D eigenvalue weighted by Gasteiger charge is -2.00. The van der Waals surface area contributed by atoms with Crippen LogP contribution in [0.3, 0.4) is 0 Å². The molecule has 0 saturated heterocycles. The highest BCUT2D eigenvalue weighted by molar-refractivity contribution is 7.19. The summed E-state index contributed by atoms with van der Waals surface area (Å²) < 4.78 is 17.5. The molecule has 0 aliphatic rings. The molecule has 6 nitrogen and oxygen atoms in total. The molecule has 0 aliphatic heterocycles. The van der Waals surface area contributed by atoms with Gasteiger partial charge in [0.2, 0.25) is 4.96 Å². The molecule has 0 saturated carbocycles. The lowest BCUT2D eigenvalue weighted by molar-refractivity contribution is 0.629. The van der Waals surface area contributed by atoms with Gasteiger partial charge in [0.15, 0.2) is 10.8 Å². The number of aromatic nitrogens is 6. The van der Waals surface area contributed by atoms with Crippen LogP contribution in [0.1, 0.15) is 11.4 Å². The van der Waals surface area contributed by atoms with E-state index in [-0.39, 0.29) is 5.56 Å². The lowest BCUT2D eigenvalue weighted by atomic mass is 10.2. The van der Waals surface area contributed by atoms with Crippen LogP contribution in [0.25, 0.3) is 26.9 Å². The zero-order valence-electron chi connectivity index (χ0n) is 13.1. The molecule has 0 spiro atoms. The molecule has 0 N–H and O–H groups in total. The smallest absolute Gasteiger partial charge is 0.235 e. The number of fused-ring (bicyclic) bond motifs is 1. The van der Waals surface area contributed by atoms with Crippen LogP contribution in [0.4, 0.5) is 4.39 Å². The minimum absolute atomic E-state index is 0.270. The Morgan fingerprint density at radius 1 is 1.17 bits per heavy atom. The maximum atomic E-state index is 14.1. The second-order valence-electron chi connectivity index (χ2n) is 5.42. The number of rotatable bonds is 2. The third kappa shape index (κ3) is 2.22. The zero-order chi connectivity index (χ0) is 17.0. The van der Waals surface area contributed by atoms with Gasteiger partial charge in [-0.1, -0.05) is 22.9 Å². The number of benzene rings is 1. The summed E-state index contributed by atoms with van der Waals surface area (Å²) in [4.78, 5) is 0.585. The summed E-state index contributed by atoms with van der Waals surface area (Å²) in [6, 6.07) is 4.32. The summed E-state index contributed by atoms with van der Waals surface area (Å²) in [5.41, 5.74) is 3.13. The molecule has 4 rings (SSSR count). The SMILES string of the molecule is Cc1nn(C)c(C)c1-c1nn2c(-c3cc(Cl)ccc3F)nnc2s1. The van der Waals surface area contributed by atoms with Crippen LogP contribution in [-0.2, 0) is 7.05 Å². The van der Waals surface area contributed by atoms with Gasteiger partial charge in [-0.3, -0.25) is 4.68 Å². The summed E-state index contributed by atoms with van der Waals surface area (Å²) in [5, 5.41) is 18.3. The number of halogens is 2. The van der Waals surface area contributed by atoms with E-state index in [1.165, 1.54) is 29.5 Å². The third-order valence-electron chi connectivity index (χ3n) is 3.88. The van der Waals surface area contributed by atoms with Crippen LogP contribution < -0.4 is 0 Å². The van der Waals surface area contributed by atoms with Gasteiger partial charge in [-0.25, -0.2) is 4.39 Å². The Hall–Kier alpha value is -2.32. The molecular weight excluding hydrogens is 351 g/mol. The van der Waals surface area contributed by atoms with Crippen molar-refractivity contribution >= 4 is 27.9 Å². The second kappa shape index (κ2) is 5.35. The minimum Gasteiger partial charge on any atom is -0.272 e. The molecule has 0 bridgehead atoms. The molecule has 3 aromatic heterocycles. The van der Waals surface area contributed by atoms with E-state index in [4.69, 9.17) is 11.6 Å². The molecule has 0 radical (unpaired) electrons. The van der Waals surface area contributed by atoms with Gasteiger partial charge in [0.25, 0.3) is 0 Å². The predicted octanol–water partition coefficient (Wildman–Crippen LogP) is 3.66. The Balaban J connectivity index is 1.92. The van der Waals surface area contributed by atoms with E-state index in [0.717, 1.165) is 22.0 Å². The summed E-state index contributed by atoms with van der Waals surface area (Å²) in [5.74, 6) is -0.0938. The van der Waals surface area contributed by atoms with Gasteiger partial charge in [-0.2, -0.15) is 14.7 Å². The largest absolute Gasteiger partial charge is 0.272 e. The highest BCUT2D eigenvalue weighted by Crippen LogP contribution is 2.32. The van der Waals surface area contributed by atoms with Crippen molar-refractivity contribution in [1.82, 2.24) is 29.6 Å². The molecule has 9 heteroatoms. The number of aryl methyl sites for hydroxylation is 2. The van der Waals surface area contributed by atoms with Gasteiger partial charge in [-0.05, 0) is 32.0 Å². The number of hydrogen-bond donors (Lipinski definition) is 0. The molecule has 0 unspecified atom stereocenters. The van der Waals surface area contributed by atoms with Crippen molar-refractivity contribution in [1.29, 1.82) is 0 Å². The van der Waals surface area contributed by atoms with Crippen LogP contribution in [0.2, 0.25) is 5.02 Å². The Labute approximate surface area is 145 Å². The first-order valence-corrected chi connectivity index (χ1v) is 8.33. The van der Waals surface area contributed by atoms with Crippen molar-refractivity contribution in [3.63, 3.8) is 0 Å². The van der Waals surface area contributed by atoms with E-state index < -0.39 is 5.82 Å². The van der Waals surface area contributed by atoms with Crippen molar-refractivity contribution < 1.29 is 4.39 Å². The van der Waals surface area contributed by atoms with Gasteiger partial charge in [-0.15, -0.1) is 10.2 Å². The molecule has 4 aromatic rings. The Morgan fingerprint density at radius 2 is 1.96 bits per heavy atom. The lowest BCUT2D eigenvalue weighted by Crippen LogP contribution is -1.95. The standard InChI is InChI=1S/C15H12ClFN6S/c1-7-12(8(2)22(3)20-7)14-21-23-13(18-19-15(23)24-14)10-6-9(16)4-5-11(10)17/h4-6H,1-3H3. The maximum Gasteiger partial charge on any atom is 0.235 e. The molecule has 0 aliphatic carbocycles. The molecule has 0 fully saturated rings. The number of hydrogen-bond acceptors (Lipinski definition) is 5. The quantitative estimate of drug-likeness (QED) is 0.546. The molecular formula is C15H12ClFN6S. The van der Waals surface area contributed by atoms with Gasteiger partial charge < -0.3 is 0 Å². The average Bonchev–Trinajstić information content (AvgIpc) is 3.16. The maximum absolute atomic E-state index is 14.1. The Kier molecular flexibility index (Phi) is 3.40. The van der Waals surface area contributed by atoms with E-state index >= 15 is 0 Å². The van der Waals surface area contributed by atoms with Crippen LogP contribution in [0.5, 0.6) is 0 Å². The summed E-state index contributed by atoms with van der Waals surface area (Å²) in [6.45, 7) is 3.91. The molecule has 122 valence electrons. The Morgan fingerprint density at radius 3 is 2.67 bits per heavy atom. The molecule has 0 amide bonds. The molecule has 0 atom stereocenters. The highest BCUT2D eigenvalue weighted by atomic mass is 35.5. The molecule has 1 aromatic carbocycles. The first kappa shape index (κ1) is 15.2. The predicted molar refractivity (Wildman–Crippen MR) is 90.7 cm³/mol. The molecule has 3 heterocycles. The first-order valence-electron chi connectivity index (χ1n) is 7.14. The highest BCUT2D eigenvalue weighted by Gasteiger charge is 2.20. The van der Waals surface area contributed by atoms with Gasteiger partial charge in [0.1, 0.15) is 5.82 Å². The molecule has 24 heavy (non-hydrogen) atoms. The fraction of sp³-hybridized carbons (Fsp3) is 0.200. The van der Waals surface area contributed by atoms with E-state index in [1.54, 1.807) is 4.52 Å². The second-order valence-corrected chi connectivity index (χ2v) is 6.81. The summed E-state index contributed by atoms with van der Waals surface area (Å²) in [6.07, 6.45) is 0. The van der Waals surface area contributed by atoms with Gasteiger partial charge in [0, 0.05) is 17.8 Å². The van der Waals surface area contributed by atoms with Crippen LogP contribution in [-0.4, -0.2) is 29.6 Å². The van der Waals surface area contributed by atoms with E-state index in [0.29, 0.717) is 15.8 Å². The fourth-order valence-corrected chi connectivity index (χ4v) is 3.80. The fourth-order valence-electron chi connectivity index (χ4n) is 2.64. The van der Waals surface area contributed by atoms with Gasteiger partial charge >= 0.3 is 0 Å². The van der Waals surface area contributed by atoms with Crippen molar-refractivity contribution in [2.24, 2.45) is 7.05 Å². The summed E-state index contributed by atoms with van der Waals surface area (Å²) >= 11 is 7.36. The van der Waals surface area contributed by atoms with E-state index in [9.17, 15) is 4.39 Å².